The summed E-state index contributed by atoms with van der Waals surface area (Å²) in [7, 11) is 0. The summed E-state index contributed by atoms with van der Waals surface area (Å²) in [6.45, 7) is 0. The monoisotopic (exact) mass is 539 g/mol. The average Bonchev–Trinajstić information content (AvgIpc) is 3.09. The van der Waals surface area contributed by atoms with E-state index in [1.807, 2.05) is 61.1 Å². The lowest BCUT2D eigenvalue weighted by Crippen LogP contribution is -2.14. The van der Waals surface area contributed by atoms with Gasteiger partial charge in [0.25, 0.3) is 0 Å². The predicted octanol–water partition coefficient (Wildman–Crippen LogP) is 9.53. The minimum absolute atomic E-state index is 0.196. The van der Waals surface area contributed by atoms with E-state index in [4.69, 9.17) is 0 Å². The van der Waals surface area contributed by atoms with Gasteiger partial charge in [-0.2, -0.15) is 0 Å². The van der Waals surface area contributed by atoms with Gasteiger partial charge < -0.3 is 5.32 Å². The smallest absolute Gasteiger partial charge is 0.0701 e. The molecule has 0 saturated heterocycles. The first-order valence-electron chi connectivity index (χ1n) is 14.2. The van der Waals surface area contributed by atoms with Crippen LogP contribution in [-0.4, -0.2) is 9.97 Å². The number of dihydropyridines is 1. The van der Waals surface area contributed by atoms with Crippen LogP contribution in [-0.2, 0) is 0 Å². The van der Waals surface area contributed by atoms with Gasteiger partial charge in [0.1, 0.15) is 0 Å². The van der Waals surface area contributed by atoms with E-state index < -0.39 is 0 Å². The summed E-state index contributed by atoms with van der Waals surface area (Å²) in [6.07, 6.45) is 11.9. The predicted molar refractivity (Wildman–Crippen MR) is 173 cm³/mol. The van der Waals surface area contributed by atoms with E-state index in [-0.39, 0.29) is 6.04 Å². The average molecular weight is 540 g/mol. The maximum absolute atomic E-state index is 4.51. The van der Waals surface area contributed by atoms with Crippen LogP contribution in [0.25, 0.3) is 55.9 Å². The number of allylic oxidation sites excluding steroid dienone is 2. The molecule has 3 heteroatoms. The lowest BCUT2D eigenvalue weighted by molar-refractivity contribution is 0.746. The van der Waals surface area contributed by atoms with Gasteiger partial charge in [0.2, 0.25) is 0 Å². The van der Waals surface area contributed by atoms with Crippen LogP contribution in [0.5, 0.6) is 0 Å². The first-order valence-corrected chi connectivity index (χ1v) is 14.2. The van der Waals surface area contributed by atoms with E-state index in [9.17, 15) is 0 Å². The maximum Gasteiger partial charge on any atom is 0.0701 e. The van der Waals surface area contributed by atoms with E-state index in [1.54, 1.807) is 0 Å². The Morgan fingerprint density at radius 2 is 0.881 bits per heavy atom. The van der Waals surface area contributed by atoms with E-state index in [2.05, 4.69) is 118 Å². The molecule has 2 aromatic heterocycles. The van der Waals surface area contributed by atoms with E-state index >= 15 is 0 Å². The number of hydrogen-bond donors (Lipinski definition) is 1. The molecule has 1 N–H and O–H groups in total. The third-order valence-corrected chi connectivity index (χ3v) is 7.68. The highest BCUT2D eigenvalue weighted by molar-refractivity contribution is 5.82. The number of rotatable bonds is 6. The number of hydrogen-bond acceptors (Lipinski definition) is 3. The lowest BCUT2D eigenvalue weighted by Gasteiger charge is -2.17. The van der Waals surface area contributed by atoms with Gasteiger partial charge in [0, 0.05) is 23.5 Å². The fourth-order valence-electron chi connectivity index (χ4n) is 5.40. The molecule has 1 unspecified atom stereocenters. The summed E-state index contributed by atoms with van der Waals surface area (Å²) < 4.78 is 0. The molecular formula is C39H29N3. The molecule has 1 atom stereocenters. The van der Waals surface area contributed by atoms with Crippen molar-refractivity contribution < 1.29 is 0 Å². The fraction of sp³-hybridized carbons (Fsp3) is 0.0256. The quantitative estimate of drug-likeness (QED) is 0.229. The zero-order chi connectivity index (χ0) is 28.1. The Kier molecular flexibility index (Phi) is 6.97. The van der Waals surface area contributed by atoms with Gasteiger partial charge in [0.05, 0.1) is 17.4 Å². The molecule has 0 spiro atoms. The standard InChI is InChI=1S/C39H29N3/c1-4-22-40-37(7-1)31-16-10-28(11-17-31)34-25-35(29-12-18-32(19-13-29)38-8-2-5-23-41-38)27-36(26-34)30-14-20-33(21-15-30)39-9-3-6-24-42-39/h1-27,37,40H. The highest BCUT2D eigenvalue weighted by Gasteiger charge is 2.11. The number of pyridine rings is 2. The van der Waals surface area contributed by atoms with E-state index in [1.165, 1.54) is 38.9 Å². The Morgan fingerprint density at radius 1 is 0.429 bits per heavy atom. The van der Waals surface area contributed by atoms with Gasteiger partial charge in [-0.1, -0.05) is 97.1 Å². The molecule has 0 saturated carbocycles. The molecule has 0 fully saturated rings. The molecule has 0 bridgehead atoms. The van der Waals surface area contributed by atoms with Gasteiger partial charge in [-0.15, -0.1) is 0 Å². The second-order valence-corrected chi connectivity index (χ2v) is 10.4. The molecule has 6 aromatic rings. The third-order valence-electron chi connectivity index (χ3n) is 7.68. The second kappa shape index (κ2) is 11.5. The van der Waals surface area contributed by atoms with Crippen molar-refractivity contribution in [1.82, 2.24) is 15.3 Å². The summed E-state index contributed by atoms with van der Waals surface area (Å²) in [5, 5.41) is 3.41. The largest absolute Gasteiger partial charge is 0.381 e. The van der Waals surface area contributed by atoms with Crippen LogP contribution in [0.1, 0.15) is 11.6 Å². The van der Waals surface area contributed by atoms with E-state index in [0.717, 1.165) is 22.5 Å². The van der Waals surface area contributed by atoms with Crippen molar-refractivity contribution in [1.29, 1.82) is 0 Å². The molecule has 3 nitrogen and oxygen atoms in total. The van der Waals surface area contributed by atoms with Crippen molar-refractivity contribution in [2.24, 2.45) is 0 Å². The van der Waals surface area contributed by atoms with Crippen molar-refractivity contribution in [2.75, 3.05) is 0 Å². The number of nitrogens with zero attached hydrogens (tertiary/aromatic N) is 2. The van der Waals surface area contributed by atoms with Crippen molar-refractivity contribution in [3.05, 3.63) is 170 Å². The number of benzene rings is 4. The van der Waals surface area contributed by atoms with Gasteiger partial charge in [0.15, 0.2) is 0 Å². The Labute approximate surface area is 246 Å². The van der Waals surface area contributed by atoms with Crippen LogP contribution in [0.2, 0.25) is 0 Å². The molecule has 4 aromatic carbocycles. The molecule has 3 heterocycles. The topological polar surface area (TPSA) is 37.8 Å². The van der Waals surface area contributed by atoms with Gasteiger partial charge in [-0.05, 0) is 93.7 Å². The highest BCUT2D eigenvalue weighted by Crippen LogP contribution is 2.35. The molecule has 200 valence electrons. The molecule has 0 amide bonds. The number of aromatic nitrogens is 2. The van der Waals surface area contributed by atoms with Crippen molar-refractivity contribution in [2.45, 2.75) is 6.04 Å². The molecule has 42 heavy (non-hydrogen) atoms. The summed E-state index contributed by atoms with van der Waals surface area (Å²) in [6, 6.07) is 45.3. The zero-order valence-electron chi connectivity index (χ0n) is 23.1. The summed E-state index contributed by atoms with van der Waals surface area (Å²) in [4.78, 5) is 9.02. The van der Waals surface area contributed by atoms with Gasteiger partial charge in [-0.3, -0.25) is 9.97 Å². The Morgan fingerprint density at radius 3 is 1.29 bits per heavy atom. The SMILES string of the molecule is C1=CNC(c2ccc(-c3cc(-c4ccc(-c5ccccn5)cc4)cc(-c4ccc(-c5ccccn5)cc4)c3)cc2)C=C1. The Bertz CT molecular complexity index is 1750. The van der Waals surface area contributed by atoms with Crippen LogP contribution in [0.3, 0.4) is 0 Å². The van der Waals surface area contributed by atoms with Crippen molar-refractivity contribution >= 4 is 0 Å². The van der Waals surface area contributed by atoms with Crippen LogP contribution in [0, 0.1) is 0 Å². The van der Waals surface area contributed by atoms with Crippen LogP contribution >= 0.6 is 0 Å². The highest BCUT2D eigenvalue weighted by atomic mass is 14.9. The zero-order valence-corrected chi connectivity index (χ0v) is 23.1. The van der Waals surface area contributed by atoms with Gasteiger partial charge in [-0.25, -0.2) is 0 Å². The Balaban J connectivity index is 1.27. The summed E-state index contributed by atoms with van der Waals surface area (Å²) >= 11 is 0. The molecule has 0 aliphatic carbocycles. The van der Waals surface area contributed by atoms with Crippen LogP contribution in [0.15, 0.2) is 164 Å². The lowest BCUT2D eigenvalue weighted by atomic mass is 9.92. The van der Waals surface area contributed by atoms with E-state index in [0.29, 0.717) is 0 Å². The van der Waals surface area contributed by atoms with Crippen LogP contribution in [0.4, 0.5) is 0 Å². The van der Waals surface area contributed by atoms with Crippen molar-refractivity contribution in [3.63, 3.8) is 0 Å². The minimum Gasteiger partial charge on any atom is -0.381 e. The van der Waals surface area contributed by atoms with Crippen LogP contribution < -0.4 is 5.32 Å². The molecule has 1 aliphatic heterocycles. The third kappa shape index (κ3) is 5.41. The molecule has 1 aliphatic rings. The molecule has 7 rings (SSSR count). The summed E-state index contributed by atoms with van der Waals surface area (Å²) in [5.74, 6) is 0. The van der Waals surface area contributed by atoms with Gasteiger partial charge >= 0.3 is 0 Å². The van der Waals surface area contributed by atoms with Crippen molar-refractivity contribution in [3.8, 4) is 55.9 Å². The minimum atomic E-state index is 0.196. The normalized spacial score (nSPS) is 14.0. The Hall–Kier alpha value is -5.54. The molecular weight excluding hydrogens is 510 g/mol. The number of nitrogens with one attached hydrogen (secondary N) is 1. The first-order chi connectivity index (χ1) is 20.8. The second-order valence-electron chi connectivity index (χ2n) is 10.4. The first kappa shape index (κ1) is 25.4. The fourth-order valence-corrected chi connectivity index (χ4v) is 5.40. The maximum atomic E-state index is 4.51. The summed E-state index contributed by atoms with van der Waals surface area (Å²) in [5.41, 5.74) is 12.5. The molecule has 0 radical (unpaired) electrons.